The maximum absolute atomic E-state index is 10.8. The highest BCUT2D eigenvalue weighted by Crippen LogP contribution is 2.56. The minimum absolute atomic E-state index is 0.148. The number of rotatable bonds is 4. The standard InChI is InChI=1S/C46H36N2O2/c49-42-19-8-6-15-36(42)41-28-40(47-45(48-41)29-12-3-1-4-13-29)31-20-22-34-35-17-11-16-32(44(35)50-43(34)27-31)30-21-23-39-37(26-30)33-14-5-7-18-38(33)46(39)24-9-2-10-25-46/h1,3-8,11-23,26-27,41,49H,2,9-10,24-25,28H2. The van der Waals surface area contributed by atoms with E-state index in [9.17, 15) is 5.11 Å². The molecule has 2 heterocycles. The Morgan fingerprint density at radius 1 is 0.600 bits per heavy atom. The third-order valence-corrected chi connectivity index (χ3v) is 11.4. The highest BCUT2D eigenvalue weighted by atomic mass is 16.3. The fraction of sp³-hybridized carbons (Fsp3) is 0.174. The van der Waals surface area contributed by atoms with E-state index in [0.29, 0.717) is 12.3 Å². The zero-order valence-electron chi connectivity index (χ0n) is 27.8. The molecule has 1 spiro atoms. The Hall–Kier alpha value is -5.74. The molecule has 50 heavy (non-hydrogen) atoms. The Morgan fingerprint density at radius 2 is 1.36 bits per heavy atom. The zero-order valence-corrected chi connectivity index (χ0v) is 27.8. The third-order valence-electron chi connectivity index (χ3n) is 11.4. The number of phenols is 1. The first kappa shape index (κ1) is 29.2. The summed E-state index contributed by atoms with van der Waals surface area (Å²) in [7, 11) is 0. The van der Waals surface area contributed by atoms with Crippen molar-refractivity contribution >= 4 is 33.5 Å². The smallest absolute Gasteiger partial charge is 0.155 e. The molecule has 0 amide bonds. The van der Waals surface area contributed by atoms with Crippen molar-refractivity contribution in [3.8, 4) is 28.0 Å². The summed E-state index contributed by atoms with van der Waals surface area (Å²) in [4.78, 5) is 10.1. The lowest BCUT2D eigenvalue weighted by molar-refractivity contribution is 0.353. The van der Waals surface area contributed by atoms with Crippen LogP contribution in [0.4, 0.5) is 0 Å². The van der Waals surface area contributed by atoms with E-state index in [1.165, 1.54) is 59.9 Å². The van der Waals surface area contributed by atoms with Gasteiger partial charge in [-0.15, -0.1) is 0 Å². The van der Waals surface area contributed by atoms with E-state index in [2.05, 4.69) is 78.9 Å². The van der Waals surface area contributed by atoms with Crippen molar-refractivity contribution in [3.63, 3.8) is 0 Å². The van der Waals surface area contributed by atoms with Gasteiger partial charge in [-0.05, 0) is 70.5 Å². The van der Waals surface area contributed by atoms with E-state index < -0.39 is 0 Å². The number of para-hydroxylation sites is 2. The summed E-state index contributed by atoms with van der Waals surface area (Å²) >= 11 is 0. The van der Waals surface area contributed by atoms with Crippen molar-refractivity contribution in [2.24, 2.45) is 9.98 Å². The SMILES string of the molecule is Oc1ccccc1C1CC(c2ccc3c(c2)oc2c(-c4ccc5c(c4)-c4ccccc4C54CCCCC4)cccc23)=NC(c2ccccc2)=N1. The van der Waals surface area contributed by atoms with Gasteiger partial charge in [0.2, 0.25) is 0 Å². The summed E-state index contributed by atoms with van der Waals surface area (Å²) in [5.41, 5.74) is 13.6. The molecule has 10 rings (SSSR count). The van der Waals surface area contributed by atoms with Crippen LogP contribution < -0.4 is 0 Å². The molecule has 4 heteroatoms. The van der Waals surface area contributed by atoms with Crippen molar-refractivity contribution in [1.82, 2.24) is 0 Å². The maximum atomic E-state index is 10.8. The number of benzene rings is 6. The van der Waals surface area contributed by atoms with E-state index in [1.807, 2.05) is 48.5 Å². The van der Waals surface area contributed by atoms with Crippen LogP contribution in [0.1, 0.15) is 72.4 Å². The Balaban J connectivity index is 1.07. The molecule has 242 valence electrons. The van der Waals surface area contributed by atoms with Gasteiger partial charge in [0.25, 0.3) is 0 Å². The molecule has 4 nitrogen and oxygen atoms in total. The van der Waals surface area contributed by atoms with Gasteiger partial charge >= 0.3 is 0 Å². The minimum Gasteiger partial charge on any atom is -0.508 e. The van der Waals surface area contributed by atoms with Crippen molar-refractivity contribution in [1.29, 1.82) is 0 Å². The van der Waals surface area contributed by atoms with Crippen molar-refractivity contribution in [3.05, 3.63) is 161 Å². The molecule has 0 saturated heterocycles. The molecular formula is C46H36N2O2. The monoisotopic (exact) mass is 648 g/mol. The Morgan fingerprint density at radius 3 is 2.24 bits per heavy atom. The van der Waals surface area contributed by atoms with Gasteiger partial charge in [-0.3, -0.25) is 4.99 Å². The minimum atomic E-state index is -0.255. The lowest BCUT2D eigenvalue weighted by atomic mass is 9.68. The number of fused-ring (bicyclic) bond motifs is 8. The predicted molar refractivity (Wildman–Crippen MR) is 203 cm³/mol. The Labute approximate surface area is 291 Å². The van der Waals surface area contributed by atoms with Crippen LogP contribution in [0.25, 0.3) is 44.2 Å². The van der Waals surface area contributed by atoms with Gasteiger partial charge in [0, 0.05) is 39.3 Å². The van der Waals surface area contributed by atoms with Gasteiger partial charge in [-0.1, -0.05) is 128 Å². The average molecular weight is 649 g/mol. The van der Waals surface area contributed by atoms with Crippen LogP contribution in [0, 0.1) is 0 Å². The molecule has 2 aliphatic carbocycles. The first-order chi connectivity index (χ1) is 24.7. The van der Waals surface area contributed by atoms with Crippen LogP contribution in [0.3, 0.4) is 0 Å². The lowest BCUT2D eigenvalue weighted by Gasteiger charge is -2.36. The predicted octanol–water partition coefficient (Wildman–Crippen LogP) is 11.6. The van der Waals surface area contributed by atoms with Gasteiger partial charge in [-0.2, -0.15) is 0 Å². The van der Waals surface area contributed by atoms with E-state index in [1.54, 1.807) is 6.07 Å². The zero-order chi connectivity index (χ0) is 33.2. The maximum Gasteiger partial charge on any atom is 0.155 e. The van der Waals surface area contributed by atoms with E-state index >= 15 is 0 Å². The molecule has 3 aliphatic rings. The molecule has 1 fully saturated rings. The number of hydrogen-bond donors (Lipinski definition) is 1. The van der Waals surface area contributed by atoms with Crippen LogP contribution in [0.15, 0.2) is 148 Å². The Kier molecular flexibility index (Phi) is 6.67. The molecule has 0 radical (unpaired) electrons. The molecule has 1 unspecified atom stereocenters. The lowest BCUT2D eigenvalue weighted by Crippen LogP contribution is -2.27. The Bertz CT molecular complexity index is 2520. The summed E-state index contributed by atoms with van der Waals surface area (Å²) in [5, 5.41) is 13.0. The van der Waals surface area contributed by atoms with Gasteiger partial charge < -0.3 is 9.52 Å². The van der Waals surface area contributed by atoms with Crippen LogP contribution in [0.5, 0.6) is 5.75 Å². The number of nitrogens with zero attached hydrogens (tertiary/aromatic N) is 2. The summed E-state index contributed by atoms with van der Waals surface area (Å²) in [6.45, 7) is 0. The summed E-state index contributed by atoms with van der Waals surface area (Å²) in [5.74, 6) is 0.916. The van der Waals surface area contributed by atoms with Gasteiger partial charge in [0.05, 0.1) is 11.8 Å². The second kappa shape index (κ2) is 11.4. The fourth-order valence-electron chi connectivity index (χ4n) is 8.97. The molecular weight excluding hydrogens is 613 g/mol. The molecule has 1 N–H and O–H groups in total. The van der Waals surface area contributed by atoms with Crippen LogP contribution in [-0.4, -0.2) is 16.7 Å². The number of amidine groups is 1. The fourth-order valence-corrected chi connectivity index (χ4v) is 8.97. The topological polar surface area (TPSA) is 58.1 Å². The highest BCUT2D eigenvalue weighted by Gasteiger charge is 2.43. The number of phenolic OH excluding ortho intramolecular Hbond substituents is 1. The normalized spacial score (nSPS) is 17.8. The molecule has 0 bridgehead atoms. The van der Waals surface area contributed by atoms with Gasteiger partial charge in [-0.25, -0.2) is 4.99 Å². The number of aromatic hydroxyl groups is 1. The molecule has 1 aliphatic heterocycles. The van der Waals surface area contributed by atoms with Crippen molar-refractivity contribution in [2.75, 3.05) is 0 Å². The molecule has 1 atom stereocenters. The molecule has 7 aromatic rings. The second-order valence-corrected chi connectivity index (χ2v) is 14.1. The van der Waals surface area contributed by atoms with Crippen LogP contribution >= 0.6 is 0 Å². The first-order valence-electron chi connectivity index (χ1n) is 17.9. The quantitative estimate of drug-likeness (QED) is 0.206. The first-order valence-corrected chi connectivity index (χ1v) is 17.9. The van der Waals surface area contributed by atoms with Crippen LogP contribution in [-0.2, 0) is 5.41 Å². The van der Waals surface area contributed by atoms with Crippen molar-refractivity contribution < 1.29 is 9.52 Å². The van der Waals surface area contributed by atoms with Gasteiger partial charge in [0.1, 0.15) is 16.9 Å². The molecule has 1 saturated carbocycles. The van der Waals surface area contributed by atoms with Crippen molar-refractivity contribution in [2.45, 2.75) is 50.0 Å². The average Bonchev–Trinajstić information content (AvgIpc) is 3.68. The third kappa shape index (κ3) is 4.51. The van der Waals surface area contributed by atoms with E-state index in [4.69, 9.17) is 14.4 Å². The number of furan rings is 1. The van der Waals surface area contributed by atoms with Crippen LogP contribution in [0.2, 0.25) is 0 Å². The summed E-state index contributed by atoms with van der Waals surface area (Å²) in [6.07, 6.45) is 6.95. The molecule has 6 aromatic carbocycles. The highest BCUT2D eigenvalue weighted by molar-refractivity contribution is 6.16. The number of hydrogen-bond acceptors (Lipinski definition) is 4. The van der Waals surface area contributed by atoms with E-state index in [-0.39, 0.29) is 17.2 Å². The number of aliphatic imine (C=N–C) groups is 2. The van der Waals surface area contributed by atoms with Gasteiger partial charge in [0.15, 0.2) is 5.84 Å². The summed E-state index contributed by atoms with van der Waals surface area (Å²) < 4.78 is 6.78. The largest absolute Gasteiger partial charge is 0.508 e. The molecule has 1 aromatic heterocycles. The summed E-state index contributed by atoms with van der Waals surface area (Å²) in [6, 6.07) is 46.4. The second-order valence-electron chi connectivity index (χ2n) is 14.1. The van der Waals surface area contributed by atoms with E-state index in [0.717, 1.165) is 49.9 Å².